The minimum absolute atomic E-state index is 0.117. The molecule has 2 saturated heterocycles. The summed E-state index contributed by atoms with van der Waals surface area (Å²) in [7, 11) is -5.71. The molecule has 0 aromatic heterocycles. The van der Waals surface area contributed by atoms with Crippen molar-refractivity contribution < 1.29 is 22.8 Å². The summed E-state index contributed by atoms with van der Waals surface area (Å²) in [6, 6.07) is 21.7. The van der Waals surface area contributed by atoms with Crippen molar-refractivity contribution in [2.45, 2.75) is 121 Å². The Balaban J connectivity index is 1.70. The van der Waals surface area contributed by atoms with E-state index in [1.54, 1.807) is 0 Å². The molecule has 2 fully saturated rings. The molecule has 0 bridgehead atoms. The molecule has 3 aliphatic heterocycles. The number of allylic oxidation sites excluding steroid dienone is 1. The van der Waals surface area contributed by atoms with Gasteiger partial charge in [0.15, 0.2) is 6.10 Å². The molecule has 3 heterocycles. The quantitative estimate of drug-likeness (QED) is 0.363. The van der Waals surface area contributed by atoms with Crippen molar-refractivity contribution in [3.63, 3.8) is 0 Å². The maximum atomic E-state index is 7.87. The number of hydrogen-bond donors (Lipinski definition) is 0. The van der Waals surface area contributed by atoms with Crippen molar-refractivity contribution in [3.8, 4) is 0 Å². The van der Waals surface area contributed by atoms with E-state index in [-0.39, 0.29) is 45.6 Å². The Hall–Kier alpha value is -1.75. The van der Waals surface area contributed by atoms with E-state index in [4.69, 9.17) is 22.8 Å². The van der Waals surface area contributed by atoms with E-state index in [9.17, 15) is 0 Å². The minimum atomic E-state index is -2.91. The molecular formula is C34H50O5Si2. The molecular weight excluding hydrogens is 545 g/mol. The Morgan fingerprint density at radius 2 is 1.29 bits per heavy atom. The molecule has 0 unspecified atom stereocenters. The van der Waals surface area contributed by atoms with E-state index in [2.05, 4.69) is 129 Å². The van der Waals surface area contributed by atoms with Gasteiger partial charge >= 0.3 is 8.56 Å². The second-order valence-electron chi connectivity index (χ2n) is 15.1. The van der Waals surface area contributed by atoms with Crippen molar-refractivity contribution in [1.29, 1.82) is 0 Å². The van der Waals surface area contributed by atoms with Gasteiger partial charge in [0.05, 0.1) is 12.4 Å². The first kappa shape index (κ1) is 30.7. The van der Waals surface area contributed by atoms with Crippen LogP contribution >= 0.6 is 0 Å². The van der Waals surface area contributed by atoms with Crippen LogP contribution in [0.2, 0.25) is 15.1 Å². The normalized spacial score (nSPS) is 28.6. The van der Waals surface area contributed by atoms with Gasteiger partial charge in [-0.05, 0) is 34.8 Å². The van der Waals surface area contributed by atoms with E-state index in [1.807, 2.05) is 6.92 Å². The van der Waals surface area contributed by atoms with Gasteiger partial charge in [-0.25, -0.2) is 0 Å². The molecule has 0 aliphatic carbocycles. The lowest BCUT2D eigenvalue weighted by molar-refractivity contribution is -0.246. The maximum Gasteiger partial charge on any atom is 0.349 e. The molecule has 5 rings (SSSR count). The fraction of sp³-hybridized carbons (Fsp3) is 0.588. The van der Waals surface area contributed by atoms with Gasteiger partial charge in [-0.2, -0.15) is 0 Å². The molecule has 5 atom stereocenters. The average Bonchev–Trinajstić information content (AvgIpc) is 2.90. The Labute approximate surface area is 250 Å². The first-order chi connectivity index (χ1) is 19.1. The Morgan fingerprint density at radius 1 is 0.756 bits per heavy atom. The fourth-order valence-corrected chi connectivity index (χ4v) is 17.2. The maximum absolute atomic E-state index is 7.87. The highest BCUT2D eigenvalue weighted by Gasteiger charge is 2.66. The van der Waals surface area contributed by atoms with Crippen LogP contribution in [0.3, 0.4) is 0 Å². The monoisotopic (exact) mass is 594 g/mol. The van der Waals surface area contributed by atoms with Crippen LogP contribution in [0.25, 0.3) is 0 Å². The van der Waals surface area contributed by atoms with Crippen molar-refractivity contribution in [2.75, 3.05) is 6.61 Å². The highest BCUT2D eigenvalue weighted by Crippen LogP contribution is 2.56. The molecule has 224 valence electrons. The zero-order valence-corrected chi connectivity index (χ0v) is 28.7. The van der Waals surface area contributed by atoms with Gasteiger partial charge in [-0.15, -0.1) is 0 Å². The van der Waals surface area contributed by atoms with Gasteiger partial charge in [-0.3, -0.25) is 0 Å². The summed E-state index contributed by atoms with van der Waals surface area (Å²) in [6.07, 6.45) is 1.69. The molecule has 7 heteroatoms. The molecule has 5 nitrogen and oxygen atoms in total. The van der Waals surface area contributed by atoms with E-state index in [0.29, 0.717) is 6.61 Å². The van der Waals surface area contributed by atoms with Gasteiger partial charge in [0.25, 0.3) is 8.32 Å². The first-order valence-electron chi connectivity index (χ1n) is 15.2. The van der Waals surface area contributed by atoms with Gasteiger partial charge in [0.1, 0.15) is 24.4 Å². The average molecular weight is 595 g/mol. The topological polar surface area (TPSA) is 46.2 Å². The van der Waals surface area contributed by atoms with Crippen molar-refractivity contribution >= 4 is 27.3 Å². The van der Waals surface area contributed by atoms with Gasteiger partial charge < -0.3 is 22.8 Å². The van der Waals surface area contributed by atoms with E-state index in [0.717, 1.165) is 12.2 Å². The molecule has 0 N–H and O–H groups in total. The van der Waals surface area contributed by atoms with Gasteiger partial charge in [-0.1, -0.05) is 123 Å². The molecule has 41 heavy (non-hydrogen) atoms. The first-order valence-corrected chi connectivity index (χ1v) is 18.9. The summed E-state index contributed by atoms with van der Waals surface area (Å²) >= 11 is 0. The third-order valence-electron chi connectivity index (χ3n) is 9.15. The van der Waals surface area contributed by atoms with E-state index < -0.39 is 16.9 Å². The number of ether oxygens (including phenoxy) is 2. The second-order valence-corrected chi connectivity index (χ2v) is 24.1. The third-order valence-corrected chi connectivity index (χ3v) is 19.3. The number of fused-ring (bicyclic) bond motifs is 2. The predicted octanol–water partition coefficient (Wildman–Crippen LogP) is 6.85. The third kappa shape index (κ3) is 5.21. The molecule has 2 aromatic rings. The van der Waals surface area contributed by atoms with Crippen LogP contribution in [0.5, 0.6) is 0 Å². The number of rotatable bonds is 4. The highest BCUT2D eigenvalue weighted by atomic mass is 28.4. The summed E-state index contributed by atoms with van der Waals surface area (Å²) in [5.74, 6) is 0.923. The summed E-state index contributed by atoms with van der Waals surface area (Å²) in [6.45, 7) is 23.1. The lowest BCUT2D eigenvalue weighted by Gasteiger charge is -2.60. The van der Waals surface area contributed by atoms with Gasteiger partial charge in [0, 0.05) is 10.1 Å². The van der Waals surface area contributed by atoms with E-state index in [1.165, 1.54) is 10.4 Å². The fourth-order valence-electron chi connectivity index (χ4n) is 7.51. The lowest BCUT2D eigenvalue weighted by atomic mass is 9.92. The molecule has 0 spiro atoms. The molecule has 0 radical (unpaired) electrons. The van der Waals surface area contributed by atoms with Crippen molar-refractivity contribution in [2.24, 2.45) is 0 Å². The van der Waals surface area contributed by atoms with Crippen LogP contribution in [0.1, 0.15) is 75.7 Å². The van der Waals surface area contributed by atoms with Gasteiger partial charge in [0.2, 0.25) is 0 Å². The zero-order valence-electron chi connectivity index (χ0n) is 26.7. The zero-order chi connectivity index (χ0) is 29.8. The van der Waals surface area contributed by atoms with E-state index >= 15 is 0 Å². The minimum Gasteiger partial charge on any atom is -0.490 e. The predicted molar refractivity (Wildman–Crippen MR) is 170 cm³/mol. The number of hydrogen-bond acceptors (Lipinski definition) is 5. The highest BCUT2D eigenvalue weighted by molar-refractivity contribution is 6.99. The summed E-state index contributed by atoms with van der Waals surface area (Å²) in [5.41, 5.74) is 0. The largest absolute Gasteiger partial charge is 0.490 e. The van der Waals surface area contributed by atoms with Crippen molar-refractivity contribution in [3.05, 3.63) is 72.5 Å². The summed E-state index contributed by atoms with van der Waals surface area (Å²) < 4.78 is 35.6. The van der Waals surface area contributed by atoms with Crippen LogP contribution in [-0.4, -0.2) is 54.0 Å². The lowest BCUT2D eigenvalue weighted by Crippen LogP contribution is -2.76. The molecule has 0 saturated carbocycles. The molecule has 2 aromatic carbocycles. The Morgan fingerprint density at radius 3 is 1.78 bits per heavy atom. The van der Waals surface area contributed by atoms with Crippen LogP contribution < -0.4 is 10.4 Å². The Kier molecular flexibility index (Phi) is 8.06. The van der Waals surface area contributed by atoms with Crippen LogP contribution in [0.15, 0.2) is 72.5 Å². The summed E-state index contributed by atoms with van der Waals surface area (Å²) in [4.78, 5) is 0. The van der Waals surface area contributed by atoms with Crippen molar-refractivity contribution in [1.82, 2.24) is 0 Å². The molecule has 3 aliphatic rings. The van der Waals surface area contributed by atoms with Crippen LogP contribution in [-0.2, 0) is 22.8 Å². The standard InChI is InChI=1S/C34H50O5Si2/c1-24-21-22-27-29(36-24)31(30-28(37-27)23-35-41(39-30,33(5,6)7)34(8,9)10)38-40(32(2,3)4,25-17-13-11-14-18-25)26-19-15-12-16-20-26/h11-21,27-31H,22-23H2,1-10H3/t27-,28+,29-,30+,31+/m0/s1. The SMILES string of the molecule is CC1=CC[C@@H]2O[C@@H]3CO[Si](C(C)(C)C)(C(C)(C)C)O[C@H]3[C@H](O[Si](c3ccccc3)(c3ccccc3)C(C)(C)C)[C@H]2O1. The Bertz CT molecular complexity index is 1170. The molecule has 0 amide bonds. The summed E-state index contributed by atoms with van der Waals surface area (Å²) in [5, 5.41) is 2.02. The second kappa shape index (κ2) is 10.8. The van der Waals surface area contributed by atoms with Crippen LogP contribution in [0.4, 0.5) is 0 Å². The van der Waals surface area contributed by atoms with Crippen LogP contribution in [0, 0.1) is 0 Å². The number of benzene rings is 2. The smallest absolute Gasteiger partial charge is 0.349 e.